The molecule has 0 radical (unpaired) electrons. The Bertz CT molecular complexity index is 568. The zero-order valence-corrected chi connectivity index (χ0v) is 13.1. The van der Waals surface area contributed by atoms with Crippen LogP contribution in [-0.4, -0.2) is 36.2 Å². The number of anilines is 1. The quantitative estimate of drug-likeness (QED) is 0.814. The van der Waals surface area contributed by atoms with E-state index in [2.05, 4.69) is 0 Å². The van der Waals surface area contributed by atoms with Crippen LogP contribution in [0, 0.1) is 0 Å². The maximum absolute atomic E-state index is 12.7. The van der Waals surface area contributed by atoms with E-state index in [0.717, 1.165) is 18.4 Å². The summed E-state index contributed by atoms with van der Waals surface area (Å²) in [6.07, 6.45) is 1.86. The molecule has 0 amide bonds. The third-order valence-corrected chi connectivity index (χ3v) is 5.89. The second-order valence-electron chi connectivity index (χ2n) is 5.59. The van der Waals surface area contributed by atoms with Crippen molar-refractivity contribution in [3.63, 3.8) is 0 Å². The van der Waals surface area contributed by atoms with Crippen LogP contribution in [0.2, 0.25) is 0 Å². The lowest BCUT2D eigenvalue weighted by molar-refractivity contribution is 0.325. The number of hydrogen-bond donors (Lipinski definition) is 1. The van der Waals surface area contributed by atoms with E-state index in [9.17, 15) is 8.42 Å². The van der Waals surface area contributed by atoms with Gasteiger partial charge in [-0.3, -0.25) is 0 Å². The normalized spacial score (nSPS) is 16.3. The van der Waals surface area contributed by atoms with Crippen molar-refractivity contribution in [3.8, 4) is 0 Å². The van der Waals surface area contributed by atoms with Crippen molar-refractivity contribution < 1.29 is 8.42 Å². The highest BCUT2D eigenvalue weighted by atomic mass is 32.2. The van der Waals surface area contributed by atoms with E-state index >= 15 is 0 Å². The first-order valence-corrected chi connectivity index (χ1v) is 8.32. The van der Waals surface area contributed by atoms with E-state index < -0.39 is 10.2 Å². The summed E-state index contributed by atoms with van der Waals surface area (Å²) in [6.45, 7) is 4.09. The van der Waals surface area contributed by atoms with Gasteiger partial charge in [0.1, 0.15) is 0 Å². The number of para-hydroxylation sites is 1. The van der Waals surface area contributed by atoms with Crippen molar-refractivity contribution in [3.05, 3.63) is 29.8 Å². The topological polar surface area (TPSA) is 66.6 Å². The molecule has 1 aromatic rings. The molecular weight excluding hydrogens is 274 g/mol. The molecule has 1 saturated carbocycles. The van der Waals surface area contributed by atoms with Crippen LogP contribution in [0.5, 0.6) is 0 Å². The third kappa shape index (κ3) is 3.13. The molecule has 5 nitrogen and oxygen atoms in total. The molecule has 2 N–H and O–H groups in total. The first kappa shape index (κ1) is 15.3. The molecule has 1 aliphatic carbocycles. The third-order valence-electron chi connectivity index (χ3n) is 3.72. The predicted molar refractivity (Wildman–Crippen MR) is 81.2 cm³/mol. The average Bonchev–Trinajstić information content (AvgIpc) is 3.20. The van der Waals surface area contributed by atoms with Gasteiger partial charge in [-0.05, 0) is 38.3 Å². The van der Waals surface area contributed by atoms with Gasteiger partial charge in [-0.15, -0.1) is 0 Å². The largest absolute Gasteiger partial charge is 0.398 e. The van der Waals surface area contributed by atoms with Crippen LogP contribution in [0.3, 0.4) is 0 Å². The molecule has 0 spiro atoms. The van der Waals surface area contributed by atoms with E-state index in [-0.39, 0.29) is 12.1 Å². The van der Waals surface area contributed by atoms with Gasteiger partial charge in [-0.1, -0.05) is 18.2 Å². The predicted octanol–water partition coefficient (Wildman–Crippen LogP) is 1.82. The Balaban J connectivity index is 2.27. The minimum absolute atomic E-state index is 0.0608. The standard InChI is InChI=1S/C14H23N3O2S/c1-11(2)16(3)20(18,19)17(13-8-9-13)10-12-6-4-5-7-14(12)15/h4-7,11,13H,8-10,15H2,1-3H3. The van der Waals surface area contributed by atoms with E-state index in [4.69, 9.17) is 5.73 Å². The zero-order chi connectivity index (χ0) is 14.9. The van der Waals surface area contributed by atoms with Gasteiger partial charge in [0.25, 0.3) is 10.2 Å². The molecule has 0 saturated heterocycles. The molecule has 0 bridgehead atoms. The molecule has 1 aliphatic rings. The van der Waals surface area contributed by atoms with Crippen LogP contribution in [0.15, 0.2) is 24.3 Å². The SMILES string of the molecule is CC(C)N(C)S(=O)(=O)N(Cc1ccccc1N)C1CC1. The highest BCUT2D eigenvalue weighted by molar-refractivity contribution is 7.86. The second-order valence-corrected chi connectivity index (χ2v) is 7.53. The van der Waals surface area contributed by atoms with Crippen molar-refractivity contribution in [1.29, 1.82) is 0 Å². The fourth-order valence-electron chi connectivity index (χ4n) is 2.04. The minimum Gasteiger partial charge on any atom is -0.398 e. The zero-order valence-electron chi connectivity index (χ0n) is 12.3. The van der Waals surface area contributed by atoms with Gasteiger partial charge in [0.15, 0.2) is 0 Å². The van der Waals surface area contributed by atoms with Crippen LogP contribution in [0.25, 0.3) is 0 Å². The maximum atomic E-state index is 12.7. The summed E-state index contributed by atoms with van der Waals surface area (Å²) in [5, 5.41) is 0. The first-order valence-electron chi connectivity index (χ1n) is 6.92. The molecule has 0 aliphatic heterocycles. The van der Waals surface area contributed by atoms with Crippen LogP contribution in [-0.2, 0) is 16.8 Å². The van der Waals surface area contributed by atoms with Crippen molar-refractivity contribution in [1.82, 2.24) is 8.61 Å². The van der Waals surface area contributed by atoms with E-state index in [1.54, 1.807) is 17.4 Å². The lowest BCUT2D eigenvalue weighted by Gasteiger charge is -2.30. The molecule has 6 heteroatoms. The molecule has 1 aromatic carbocycles. The summed E-state index contributed by atoms with van der Waals surface area (Å²) in [5.41, 5.74) is 7.43. The number of hydrogen-bond acceptors (Lipinski definition) is 3. The molecule has 0 aromatic heterocycles. The average molecular weight is 297 g/mol. The van der Waals surface area contributed by atoms with E-state index in [1.807, 2.05) is 32.0 Å². The fourth-order valence-corrected chi connectivity index (χ4v) is 3.79. The number of benzene rings is 1. The van der Waals surface area contributed by atoms with E-state index in [1.165, 1.54) is 4.31 Å². The van der Waals surface area contributed by atoms with Gasteiger partial charge in [0, 0.05) is 31.4 Å². The van der Waals surface area contributed by atoms with Crippen molar-refractivity contribution in [2.45, 2.75) is 45.3 Å². The summed E-state index contributed by atoms with van der Waals surface area (Å²) in [4.78, 5) is 0. The van der Waals surface area contributed by atoms with Gasteiger partial charge in [0.05, 0.1) is 0 Å². The highest BCUT2D eigenvalue weighted by Gasteiger charge is 2.40. The lowest BCUT2D eigenvalue weighted by Crippen LogP contribution is -2.45. The number of nitrogen functional groups attached to an aromatic ring is 1. The van der Waals surface area contributed by atoms with Crippen LogP contribution in [0.1, 0.15) is 32.3 Å². The molecule has 0 unspecified atom stereocenters. The molecule has 112 valence electrons. The molecule has 0 heterocycles. The van der Waals surface area contributed by atoms with Gasteiger partial charge in [-0.25, -0.2) is 0 Å². The Hall–Kier alpha value is -1.11. The van der Waals surface area contributed by atoms with Gasteiger partial charge in [0.2, 0.25) is 0 Å². The monoisotopic (exact) mass is 297 g/mol. The van der Waals surface area contributed by atoms with Gasteiger partial charge in [-0.2, -0.15) is 17.0 Å². The Morgan fingerprint density at radius 3 is 2.40 bits per heavy atom. The Morgan fingerprint density at radius 1 is 1.30 bits per heavy atom. The summed E-state index contributed by atoms with van der Waals surface area (Å²) < 4.78 is 28.4. The molecular formula is C14H23N3O2S. The summed E-state index contributed by atoms with van der Waals surface area (Å²) in [5.74, 6) is 0. The fraction of sp³-hybridized carbons (Fsp3) is 0.571. The van der Waals surface area contributed by atoms with Crippen molar-refractivity contribution in [2.24, 2.45) is 0 Å². The number of nitrogens with zero attached hydrogens (tertiary/aromatic N) is 2. The second kappa shape index (κ2) is 5.71. The van der Waals surface area contributed by atoms with Gasteiger partial charge < -0.3 is 5.73 Å². The Morgan fingerprint density at radius 2 is 1.90 bits per heavy atom. The summed E-state index contributed by atoms with van der Waals surface area (Å²) in [7, 11) is -1.81. The van der Waals surface area contributed by atoms with Crippen LogP contribution < -0.4 is 5.73 Å². The smallest absolute Gasteiger partial charge is 0.282 e. The molecule has 2 rings (SSSR count). The maximum Gasteiger partial charge on any atom is 0.282 e. The molecule has 1 fully saturated rings. The molecule has 20 heavy (non-hydrogen) atoms. The summed E-state index contributed by atoms with van der Waals surface area (Å²) in [6, 6.07) is 7.48. The van der Waals surface area contributed by atoms with Gasteiger partial charge >= 0.3 is 0 Å². The number of nitrogens with two attached hydrogens (primary N) is 1. The van der Waals surface area contributed by atoms with Crippen molar-refractivity contribution in [2.75, 3.05) is 12.8 Å². The molecule has 0 atom stereocenters. The van der Waals surface area contributed by atoms with Crippen molar-refractivity contribution >= 4 is 15.9 Å². The van der Waals surface area contributed by atoms with Crippen LogP contribution in [0.4, 0.5) is 5.69 Å². The van der Waals surface area contributed by atoms with E-state index in [0.29, 0.717) is 12.2 Å². The van der Waals surface area contributed by atoms with Crippen LogP contribution >= 0.6 is 0 Å². The lowest BCUT2D eigenvalue weighted by atomic mass is 10.2. The number of rotatable bonds is 6. The Labute approximate surface area is 121 Å². The first-order chi connectivity index (χ1) is 9.34. The summed E-state index contributed by atoms with van der Waals surface area (Å²) >= 11 is 0. The minimum atomic E-state index is -3.44. The highest BCUT2D eigenvalue weighted by Crippen LogP contribution is 2.33. The Kier molecular flexibility index (Phi) is 4.36.